The summed E-state index contributed by atoms with van der Waals surface area (Å²) in [7, 11) is 0. The number of hydrogen-bond acceptors (Lipinski definition) is 7. The lowest BCUT2D eigenvalue weighted by Gasteiger charge is -2.00. The molecule has 0 fully saturated rings. The van der Waals surface area contributed by atoms with Crippen LogP contribution in [0.3, 0.4) is 0 Å². The second kappa shape index (κ2) is 7.01. The van der Waals surface area contributed by atoms with Gasteiger partial charge in [-0.15, -0.1) is 0 Å². The number of rotatable bonds is 4. The van der Waals surface area contributed by atoms with Gasteiger partial charge < -0.3 is 18.9 Å². The van der Waals surface area contributed by atoms with Crippen LogP contribution < -0.4 is 29.8 Å². The van der Waals surface area contributed by atoms with Gasteiger partial charge in [0.15, 0.2) is 23.0 Å². The van der Waals surface area contributed by atoms with Gasteiger partial charge in [-0.3, -0.25) is 0 Å². The maximum atomic E-state index is 11.7. The summed E-state index contributed by atoms with van der Waals surface area (Å²) in [5.74, 6) is 2.66. The molecule has 132 valence electrons. The van der Waals surface area contributed by atoms with Crippen LogP contribution in [-0.4, -0.2) is 32.0 Å². The van der Waals surface area contributed by atoms with Crippen molar-refractivity contribution in [3.63, 3.8) is 0 Å². The molecule has 2 aliphatic rings. The summed E-state index contributed by atoms with van der Waals surface area (Å²) < 4.78 is 21.0. The number of nitrogens with one attached hydrogen (secondary N) is 2. The lowest BCUT2D eigenvalue weighted by atomic mass is 10.2. The number of nitrogens with zero attached hydrogens (tertiary/aromatic N) is 2. The summed E-state index contributed by atoms with van der Waals surface area (Å²) in [4.78, 5) is 11.7. The largest absolute Gasteiger partial charge is 0.454 e. The molecule has 0 atom stereocenters. The lowest BCUT2D eigenvalue weighted by Crippen LogP contribution is -2.28. The van der Waals surface area contributed by atoms with Crippen molar-refractivity contribution in [2.75, 3.05) is 13.6 Å². The average molecular weight is 354 g/mol. The Morgan fingerprint density at radius 3 is 1.73 bits per heavy atom. The Morgan fingerprint density at radius 1 is 0.769 bits per heavy atom. The van der Waals surface area contributed by atoms with Crippen LogP contribution in [-0.2, 0) is 0 Å². The van der Waals surface area contributed by atoms with E-state index in [9.17, 15) is 4.79 Å². The third kappa shape index (κ3) is 3.51. The van der Waals surface area contributed by atoms with Crippen molar-refractivity contribution in [3.05, 3.63) is 47.5 Å². The molecular formula is C17H14N4O5. The van der Waals surface area contributed by atoms with Crippen molar-refractivity contribution in [1.29, 1.82) is 0 Å². The molecule has 2 N–H and O–H groups in total. The number of benzene rings is 2. The number of carbonyl (C=O) groups is 1. The average Bonchev–Trinajstić information content (AvgIpc) is 3.29. The predicted molar refractivity (Wildman–Crippen MR) is 92.0 cm³/mol. The van der Waals surface area contributed by atoms with E-state index in [-0.39, 0.29) is 13.6 Å². The molecule has 0 saturated carbocycles. The van der Waals surface area contributed by atoms with Gasteiger partial charge in [-0.1, -0.05) is 0 Å². The minimum atomic E-state index is -0.570. The third-order valence-corrected chi connectivity index (χ3v) is 3.55. The first-order valence-corrected chi connectivity index (χ1v) is 7.69. The smallest absolute Gasteiger partial charge is 0.355 e. The fraction of sp³-hybridized carbons (Fsp3) is 0.118. The fourth-order valence-corrected chi connectivity index (χ4v) is 2.34. The molecule has 4 rings (SSSR count). The maximum Gasteiger partial charge on any atom is 0.355 e. The zero-order valence-electron chi connectivity index (χ0n) is 13.5. The quantitative estimate of drug-likeness (QED) is 0.644. The number of ether oxygens (including phenoxy) is 4. The van der Waals surface area contributed by atoms with E-state index in [2.05, 4.69) is 21.1 Å². The van der Waals surface area contributed by atoms with E-state index in [1.54, 1.807) is 36.4 Å². The lowest BCUT2D eigenvalue weighted by molar-refractivity contribution is 0.173. The van der Waals surface area contributed by atoms with Gasteiger partial charge in [0.05, 0.1) is 12.4 Å². The topological polar surface area (TPSA) is 103 Å². The van der Waals surface area contributed by atoms with E-state index in [1.165, 1.54) is 12.4 Å². The molecule has 0 saturated heterocycles. The van der Waals surface area contributed by atoms with Crippen molar-refractivity contribution in [1.82, 2.24) is 10.9 Å². The zero-order chi connectivity index (χ0) is 17.8. The van der Waals surface area contributed by atoms with E-state index < -0.39 is 6.03 Å². The molecule has 26 heavy (non-hydrogen) atoms. The van der Waals surface area contributed by atoms with Crippen LogP contribution in [0.1, 0.15) is 11.1 Å². The van der Waals surface area contributed by atoms with Gasteiger partial charge >= 0.3 is 6.03 Å². The molecule has 2 heterocycles. The van der Waals surface area contributed by atoms with Crippen LogP contribution in [0.5, 0.6) is 23.0 Å². The molecule has 0 spiro atoms. The van der Waals surface area contributed by atoms with Gasteiger partial charge in [0.25, 0.3) is 0 Å². The molecule has 0 aromatic heterocycles. The minimum absolute atomic E-state index is 0.206. The highest BCUT2D eigenvalue weighted by atomic mass is 16.7. The van der Waals surface area contributed by atoms with Gasteiger partial charge in [-0.25, -0.2) is 15.6 Å². The van der Waals surface area contributed by atoms with Crippen molar-refractivity contribution in [3.8, 4) is 23.0 Å². The second-order valence-electron chi connectivity index (χ2n) is 5.29. The Labute approximate surface area is 148 Å². The number of fused-ring (bicyclic) bond motifs is 2. The van der Waals surface area contributed by atoms with E-state index in [4.69, 9.17) is 18.9 Å². The molecule has 2 aliphatic heterocycles. The first-order chi connectivity index (χ1) is 12.8. The maximum absolute atomic E-state index is 11.7. The van der Waals surface area contributed by atoms with Crippen LogP contribution in [0.15, 0.2) is 46.6 Å². The summed E-state index contributed by atoms with van der Waals surface area (Å²) in [6.07, 6.45) is 2.98. The molecule has 0 bridgehead atoms. The number of carbonyl (C=O) groups excluding carboxylic acids is 1. The zero-order valence-corrected chi connectivity index (χ0v) is 13.5. The summed E-state index contributed by atoms with van der Waals surface area (Å²) in [5.41, 5.74) is 6.16. The molecule has 0 radical (unpaired) electrons. The Hall–Kier alpha value is -3.75. The predicted octanol–water partition coefficient (Wildman–Crippen LogP) is 1.81. The molecule has 9 heteroatoms. The SMILES string of the molecule is O=C(N/N=C\c1ccc2c(c1)OCO2)N/N=C/c1ccc2c(c1)OCO2. The van der Waals surface area contributed by atoms with Crippen LogP contribution in [0.2, 0.25) is 0 Å². The van der Waals surface area contributed by atoms with Gasteiger partial charge in [-0.05, 0) is 47.5 Å². The highest BCUT2D eigenvalue weighted by Crippen LogP contribution is 2.32. The Morgan fingerprint density at radius 2 is 1.23 bits per heavy atom. The Balaban J connectivity index is 1.27. The number of amides is 2. The first-order valence-electron chi connectivity index (χ1n) is 7.69. The third-order valence-electron chi connectivity index (χ3n) is 3.55. The molecule has 2 amide bonds. The van der Waals surface area contributed by atoms with Gasteiger partial charge in [0, 0.05) is 0 Å². The number of urea groups is 1. The molecule has 2 aromatic carbocycles. The second-order valence-corrected chi connectivity index (χ2v) is 5.29. The summed E-state index contributed by atoms with van der Waals surface area (Å²) in [6.45, 7) is 0.413. The Bertz CT molecular complexity index is 825. The fourth-order valence-electron chi connectivity index (χ4n) is 2.34. The number of hydrazone groups is 2. The van der Waals surface area contributed by atoms with E-state index in [0.717, 1.165) is 11.1 Å². The van der Waals surface area contributed by atoms with Crippen LogP contribution in [0.25, 0.3) is 0 Å². The molecule has 2 aromatic rings. The van der Waals surface area contributed by atoms with Gasteiger partial charge in [-0.2, -0.15) is 10.2 Å². The van der Waals surface area contributed by atoms with Crippen LogP contribution >= 0.6 is 0 Å². The van der Waals surface area contributed by atoms with Crippen molar-refractivity contribution in [2.24, 2.45) is 10.2 Å². The normalized spacial score (nSPS) is 14.2. The van der Waals surface area contributed by atoms with E-state index >= 15 is 0 Å². The van der Waals surface area contributed by atoms with E-state index in [1.807, 2.05) is 0 Å². The summed E-state index contributed by atoms with van der Waals surface area (Å²) in [6, 6.07) is 10.1. The standard InChI is InChI=1S/C17H14N4O5/c22-17(20-18-7-11-1-3-13-15(5-11)25-9-23-13)21-19-8-12-2-4-14-16(6-12)26-10-24-14/h1-8H,9-10H2,(H2,20,21,22)/b18-7-,19-8+. The van der Waals surface area contributed by atoms with Crippen molar-refractivity contribution < 1.29 is 23.7 Å². The monoisotopic (exact) mass is 354 g/mol. The van der Waals surface area contributed by atoms with Crippen molar-refractivity contribution in [2.45, 2.75) is 0 Å². The minimum Gasteiger partial charge on any atom is -0.454 e. The van der Waals surface area contributed by atoms with Gasteiger partial charge in [0.2, 0.25) is 13.6 Å². The highest BCUT2D eigenvalue weighted by molar-refractivity contribution is 5.84. The van der Waals surface area contributed by atoms with E-state index in [0.29, 0.717) is 23.0 Å². The molecule has 0 unspecified atom stereocenters. The van der Waals surface area contributed by atoms with Crippen molar-refractivity contribution >= 4 is 18.5 Å². The molecule has 9 nitrogen and oxygen atoms in total. The van der Waals surface area contributed by atoms with Crippen LogP contribution in [0.4, 0.5) is 4.79 Å². The summed E-state index contributed by atoms with van der Waals surface area (Å²) in [5, 5.41) is 7.69. The van der Waals surface area contributed by atoms with Crippen LogP contribution in [0, 0.1) is 0 Å². The molecule has 0 aliphatic carbocycles. The van der Waals surface area contributed by atoms with Gasteiger partial charge in [0.1, 0.15) is 0 Å². The number of hydrogen-bond donors (Lipinski definition) is 2. The first kappa shape index (κ1) is 15.8. The highest BCUT2D eigenvalue weighted by Gasteiger charge is 2.13. The molecular weight excluding hydrogens is 340 g/mol. The summed E-state index contributed by atoms with van der Waals surface area (Å²) >= 11 is 0. The Kier molecular flexibility index (Phi) is 4.25.